The molecule has 1 saturated heterocycles. The lowest BCUT2D eigenvalue weighted by atomic mass is 10.0. The first-order valence-electron chi connectivity index (χ1n) is 6.23. The Morgan fingerprint density at radius 3 is 2.78 bits per heavy atom. The molecule has 0 radical (unpaired) electrons. The summed E-state index contributed by atoms with van der Waals surface area (Å²) in [6.45, 7) is 6.06. The van der Waals surface area contributed by atoms with Crippen LogP contribution in [0.2, 0.25) is 0 Å². The summed E-state index contributed by atoms with van der Waals surface area (Å²) >= 11 is 0. The van der Waals surface area contributed by atoms with Gasteiger partial charge in [-0.25, -0.2) is 4.79 Å². The first-order valence-corrected chi connectivity index (χ1v) is 6.23. The Hall–Kier alpha value is -1.16. The van der Waals surface area contributed by atoms with Crippen LogP contribution in [0.3, 0.4) is 0 Å². The van der Waals surface area contributed by atoms with Crippen molar-refractivity contribution in [3.05, 3.63) is 0 Å². The van der Waals surface area contributed by atoms with Crippen LogP contribution in [0.25, 0.3) is 0 Å². The maximum absolute atomic E-state index is 11.6. The highest BCUT2D eigenvalue weighted by Gasteiger charge is 2.32. The summed E-state index contributed by atoms with van der Waals surface area (Å²) in [5.41, 5.74) is 1.86. The number of rotatable bonds is 5. The molecule has 0 spiro atoms. The van der Waals surface area contributed by atoms with Crippen LogP contribution in [0, 0.1) is 11.3 Å². The molecule has 1 fully saturated rings. The van der Waals surface area contributed by atoms with Gasteiger partial charge in [0, 0.05) is 12.6 Å². The lowest BCUT2D eigenvalue weighted by Crippen LogP contribution is -2.51. The molecule has 18 heavy (non-hydrogen) atoms. The Balaban J connectivity index is 2.33. The Labute approximate surface area is 108 Å². The fourth-order valence-corrected chi connectivity index (χ4v) is 1.64. The fraction of sp³-hybridized carbons (Fsp3) is 0.833. The average Bonchev–Trinajstić information content (AvgIpc) is 2.37. The van der Waals surface area contributed by atoms with E-state index in [1.54, 1.807) is 20.8 Å². The van der Waals surface area contributed by atoms with E-state index in [1.807, 2.05) is 0 Å². The Morgan fingerprint density at radius 1 is 1.56 bits per heavy atom. The molecule has 6 nitrogen and oxygen atoms in total. The van der Waals surface area contributed by atoms with Crippen molar-refractivity contribution in [2.45, 2.75) is 51.3 Å². The van der Waals surface area contributed by atoms with Crippen molar-refractivity contribution in [3.63, 3.8) is 0 Å². The Bertz CT molecular complexity index is 317. The Morgan fingerprint density at radius 2 is 2.28 bits per heavy atom. The predicted octanol–water partition coefficient (Wildman–Crippen LogP) is 0.493. The van der Waals surface area contributed by atoms with E-state index in [4.69, 9.17) is 14.8 Å². The predicted molar refractivity (Wildman–Crippen MR) is 65.4 cm³/mol. The highest BCUT2D eigenvalue weighted by atomic mass is 16.7. The van der Waals surface area contributed by atoms with Gasteiger partial charge in [-0.05, 0) is 33.6 Å². The third kappa shape index (κ3) is 4.26. The van der Waals surface area contributed by atoms with Crippen LogP contribution in [0.5, 0.6) is 0 Å². The van der Waals surface area contributed by atoms with E-state index in [-0.39, 0.29) is 12.1 Å². The molecule has 2 atom stereocenters. The van der Waals surface area contributed by atoms with Crippen molar-refractivity contribution in [2.75, 3.05) is 13.2 Å². The lowest BCUT2D eigenvalue weighted by Gasteiger charge is -2.30. The third-order valence-corrected chi connectivity index (χ3v) is 2.82. The third-order valence-electron chi connectivity index (χ3n) is 2.82. The molecule has 1 heterocycles. The van der Waals surface area contributed by atoms with Gasteiger partial charge < -0.3 is 10.1 Å². The monoisotopic (exact) mass is 255 g/mol. The minimum Gasteiger partial charge on any atom is -0.464 e. The molecular formula is C12H21N3O3. The van der Waals surface area contributed by atoms with Gasteiger partial charge in [-0.1, -0.05) is 0 Å². The number of piperidine rings is 1. The summed E-state index contributed by atoms with van der Waals surface area (Å²) in [6.07, 6.45) is 1.61. The molecule has 0 saturated carbocycles. The van der Waals surface area contributed by atoms with Gasteiger partial charge >= 0.3 is 5.97 Å². The van der Waals surface area contributed by atoms with Crippen molar-refractivity contribution in [1.29, 1.82) is 5.26 Å². The van der Waals surface area contributed by atoms with Crippen LogP contribution < -0.4 is 10.8 Å². The van der Waals surface area contributed by atoms with Crippen molar-refractivity contribution < 1.29 is 14.4 Å². The van der Waals surface area contributed by atoms with Crippen molar-refractivity contribution in [1.82, 2.24) is 10.8 Å². The lowest BCUT2D eigenvalue weighted by molar-refractivity contribution is -0.180. The highest BCUT2D eigenvalue weighted by molar-refractivity contribution is 5.78. The molecule has 2 N–H and O–H groups in total. The van der Waals surface area contributed by atoms with E-state index in [0.29, 0.717) is 13.2 Å². The van der Waals surface area contributed by atoms with E-state index < -0.39 is 11.6 Å². The van der Waals surface area contributed by atoms with Crippen LogP contribution in [-0.2, 0) is 14.4 Å². The van der Waals surface area contributed by atoms with E-state index in [1.165, 1.54) is 0 Å². The standard InChI is InChI=1S/C12H21N3O3/c1-4-17-11(16)12(2,3)18-15-10-6-5-9(7-13)14-8-10/h9-10,14-15H,4-6,8H2,1-3H3/t9-,10+/m0/s1. The summed E-state index contributed by atoms with van der Waals surface area (Å²) in [4.78, 5) is 17.0. The van der Waals surface area contributed by atoms with Crippen LogP contribution in [-0.4, -0.2) is 36.8 Å². The number of hydroxylamine groups is 1. The van der Waals surface area contributed by atoms with Crippen LogP contribution >= 0.6 is 0 Å². The topological polar surface area (TPSA) is 83.4 Å². The quantitative estimate of drug-likeness (QED) is 0.549. The summed E-state index contributed by atoms with van der Waals surface area (Å²) in [7, 11) is 0. The summed E-state index contributed by atoms with van der Waals surface area (Å²) < 4.78 is 4.92. The molecule has 6 heteroatoms. The van der Waals surface area contributed by atoms with E-state index in [2.05, 4.69) is 16.9 Å². The first kappa shape index (κ1) is 14.9. The highest BCUT2D eigenvalue weighted by Crippen LogP contribution is 2.13. The van der Waals surface area contributed by atoms with Gasteiger partial charge in [0.2, 0.25) is 0 Å². The minimum atomic E-state index is -1.01. The molecule has 0 unspecified atom stereocenters. The molecular weight excluding hydrogens is 234 g/mol. The Kier molecular flexibility index (Phi) is 5.54. The van der Waals surface area contributed by atoms with E-state index >= 15 is 0 Å². The van der Waals surface area contributed by atoms with Gasteiger partial charge in [0.1, 0.15) is 0 Å². The van der Waals surface area contributed by atoms with Crippen LogP contribution in [0.4, 0.5) is 0 Å². The van der Waals surface area contributed by atoms with Crippen LogP contribution in [0.1, 0.15) is 33.6 Å². The number of nitrogens with zero attached hydrogens (tertiary/aromatic N) is 1. The summed E-state index contributed by atoms with van der Waals surface area (Å²) in [5, 5.41) is 11.8. The number of nitriles is 1. The minimum absolute atomic E-state index is 0.0823. The maximum Gasteiger partial charge on any atom is 0.339 e. The van der Waals surface area contributed by atoms with Crippen molar-refractivity contribution >= 4 is 5.97 Å². The zero-order chi connectivity index (χ0) is 13.6. The zero-order valence-electron chi connectivity index (χ0n) is 11.2. The normalized spacial score (nSPS) is 24.3. The SMILES string of the molecule is CCOC(=O)C(C)(C)ON[C@@H]1CC[C@@H](C#N)NC1. The van der Waals surface area contributed by atoms with E-state index in [0.717, 1.165) is 12.8 Å². The van der Waals surface area contributed by atoms with Gasteiger partial charge in [0.25, 0.3) is 0 Å². The van der Waals surface area contributed by atoms with Gasteiger partial charge in [-0.15, -0.1) is 0 Å². The molecule has 0 aromatic carbocycles. The molecule has 1 rings (SSSR count). The van der Waals surface area contributed by atoms with Gasteiger partial charge in [-0.3, -0.25) is 4.84 Å². The number of ether oxygens (including phenoxy) is 1. The number of carbonyl (C=O) groups excluding carboxylic acids is 1. The number of hydrogen-bond donors (Lipinski definition) is 2. The molecule has 0 aliphatic carbocycles. The molecule has 1 aliphatic rings. The van der Waals surface area contributed by atoms with E-state index in [9.17, 15) is 4.79 Å². The number of esters is 1. The largest absolute Gasteiger partial charge is 0.464 e. The zero-order valence-corrected chi connectivity index (χ0v) is 11.2. The number of carbonyl (C=O) groups is 1. The summed E-state index contributed by atoms with van der Waals surface area (Å²) in [6, 6.07) is 2.20. The molecule has 0 aromatic heterocycles. The second-order valence-electron chi connectivity index (χ2n) is 4.81. The van der Waals surface area contributed by atoms with Gasteiger partial charge in [0.05, 0.1) is 18.7 Å². The maximum atomic E-state index is 11.6. The van der Waals surface area contributed by atoms with Crippen LogP contribution in [0.15, 0.2) is 0 Å². The average molecular weight is 255 g/mol. The van der Waals surface area contributed by atoms with Crippen molar-refractivity contribution in [3.8, 4) is 6.07 Å². The summed E-state index contributed by atoms with van der Waals surface area (Å²) in [5.74, 6) is -0.392. The molecule has 1 aliphatic heterocycles. The number of hydrogen-bond acceptors (Lipinski definition) is 6. The second kappa shape index (κ2) is 6.69. The number of nitrogens with one attached hydrogen (secondary N) is 2. The molecule has 0 bridgehead atoms. The smallest absolute Gasteiger partial charge is 0.339 e. The fourth-order valence-electron chi connectivity index (χ4n) is 1.64. The van der Waals surface area contributed by atoms with Gasteiger partial charge in [0.15, 0.2) is 5.60 Å². The molecule has 102 valence electrons. The first-order chi connectivity index (χ1) is 8.49. The molecule has 0 amide bonds. The van der Waals surface area contributed by atoms with Crippen molar-refractivity contribution in [2.24, 2.45) is 0 Å². The van der Waals surface area contributed by atoms with Gasteiger partial charge in [-0.2, -0.15) is 10.7 Å². The molecule has 0 aromatic rings. The second-order valence-corrected chi connectivity index (χ2v) is 4.81.